The van der Waals surface area contributed by atoms with Gasteiger partial charge < -0.3 is 15.4 Å². The molecule has 8 nitrogen and oxygen atoms in total. The van der Waals surface area contributed by atoms with E-state index in [-0.39, 0.29) is 16.8 Å². The minimum atomic E-state index is -4.09. The lowest BCUT2D eigenvalue weighted by molar-refractivity contribution is -0.114. The molecule has 0 unspecified atom stereocenters. The van der Waals surface area contributed by atoms with Gasteiger partial charge in [0.05, 0.1) is 28.4 Å². The van der Waals surface area contributed by atoms with Crippen molar-refractivity contribution < 1.29 is 22.7 Å². The number of carbonyl (C=O) groups excluding carboxylic acids is 2. The predicted molar refractivity (Wildman–Crippen MR) is 153 cm³/mol. The molecule has 3 rings (SSSR count). The van der Waals surface area contributed by atoms with Crippen LogP contribution in [0.2, 0.25) is 0 Å². The molecular formula is C28H33N3O5S2. The van der Waals surface area contributed by atoms with E-state index in [9.17, 15) is 18.0 Å². The first-order valence-corrected chi connectivity index (χ1v) is 15.0. The first-order valence-electron chi connectivity index (χ1n) is 12.3. The number of hydrogen-bond donors (Lipinski definition) is 2. The molecule has 2 N–H and O–H groups in total. The Bertz CT molecular complexity index is 1340. The Morgan fingerprint density at radius 2 is 1.63 bits per heavy atom. The van der Waals surface area contributed by atoms with Crippen molar-refractivity contribution in [3.8, 4) is 5.75 Å². The van der Waals surface area contributed by atoms with Crippen molar-refractivity contribution >= 4 is 45.0 Å². The molecule has 10 heteroatoms. The highest BCUT2D eigenvalue weighted by molar-refractivity contribution is 7.98. The van der Waals surface area contributed by atoms with Crippen LogP contribution in [-0.2, 0) is 14.8 Å². The Kier molecular flexibility index (Phi) is 10.2. The van der Waals surface area contributed by atoms with Crippen LogP contribution in [0.15, 0.2) is 82.6 Å². The smallest absolute Gasteiger partial charge is 0.264 e. The fourth-order valence-electron chi connectivity index (χ4n) is 3.58. The number of carbonyl (C=O) groups is 2. The molecule has 202 valence electrons. The number of rotatable bonds is 12. The van der Waals surface area contributed by atoms with Crippen molar-refractivity contribution in [2.24, 2.45) is 0 Å². The van der Waals surface area contributed by atoms with Crippen LogP contribution in [0.25, 0.3) is 0 Å². The van der Waals surface area contributed by atoms with Crippen molar-refractivity contribution in [3.05, 3.63) is 78.4 Å². The van der Waals surface area contributed by atoms with Crippen LogP contribution in [0.3, 0.4) is 0 Å². The standard InChI is InChI=1S/C28H33N3O5S2/c1-5-20(3)29-28(33)25-9-7-8-10-26(25)30-27(32)19-31(21-11-13-22(14-12-21)36-6-2)38(34,35)24-17-15-23(37-4)16-18-24/h7-18,20H,5-6,19H2,1-4H3,(H,29,33)(H,30,32)/t20-/m0/s1. The van der Waals surface area contributed by atoms with E-state index in [0.29, 0.717) is 29.3 Å². The molecule has 0 aliphatic heterocycles. The summed E-state index contributed by atoms with van der Waals surface area (Å²) >= 11 is 1.50. The van der Waals surface area contributed by atoms with E-state index in [1.165, 1.54) is 23.9 Å². The van der Waals surface area contributed by atoms with Gasteiger partial charge in [-0.25, -0.2) is 8.42 Å². The number of benzene rings is 3. The minimum Gasteiger partial charge on any atom is -0.494 e. The summed E-state index contributed by atoms with van der Waals surface area (Å²) in [5.41, 5.74) is 0.899. The maximum absolute atomic E-state index is 13.7. The maximum Gasteiger partial charge on any atom is 0.264 e. The Hall–Kier alpha value is -3.50. The predicted octanol–water partition coefficient (Wildman–Crippen LogP) is 5.17. The van der Waals surface area contributed by atoms with Crippen LogP contribution in [0.5, 0.6) is 5.75 Å². The molecule has 3 aromatic carbocycles. The van der Waals surface area contributed by atoms with Gasteiger partial charge in [-0.15, -0.1) is 11.8 Å². The van der Waals surface area contributed by atoms with Gasteiger partial charge in [0.2, 0.25) is 5.91 Å². The Morgan fingerprint density at radius 3 is 2.24 bits per heavy atom. The summed E-state index contributed by atoms with van der Waals surface area (Å²) < 4.78 is 33.9. The van der Waals surface area contributed by atoms with Gasteiger partial charge in [-0.3, -0.25) is 13.9 Å². The highest BCUT2D eigenvalue weighted by Gasteiger charge is 2.28. The number of amides is 2. The highest BCUT2D eigenvalue weighted by atomic mass is 32.2. The molecule has 0 aromatic heterocycles. The first-order chi connectivity index (χ1) is 18.2. The van der Waals surface area contributed by atoms with Gasteiger partial charge in [0, 0.05) is 10.9 Å². The highest BCUT2D eigenvalue weighted by Crippen LogP contribution is 2.27. The summed E-state index contributed by atoms with van der Waals surface area (Å²) in [4.78, 5) is 27.0. The number of anilines is 2. The molecular weight excluding hydrogens is 522 g/mol. The average Bonchev–Trinajstić information content (AvgIpc) is 2.92. The topological polar surface area (TPSA) is 105 Å². The number of thioether (sulfide) groups is 1. The molecule has 0 saturated carbocycles. The van der Waals surface area contributed by atoms with Crippen molar-refractivity contribution in [1.29, 1.82) is 0 Å². The van der Waals surface area contributed by atoms with Gasteiger partial charge in [-0.2, -0.15) is 0 Å². The summed E-state index contributed by atoms with van der Waals surface area (Å²) in [5, 5.41) is 5.61. The monoisotopic (exact) mass is 555 g/mol. The SMILES string of the molecule is CCOc1ccc(N(CC(=O)Nc2ccccc2C(=O)N[C@@H](C)CC)S(=O)(=O)c2ccc(SC)cc2)cc1. The zero-order chi connectivity index (χ0) is 27.7. The van der Waals surface area contributed by atoms with E-state index < -0.39 is 22.5 Å². The number of sulfonamides is 1. The normalized spacial score (nSPS) is 11.9. The molecule has 0 spiro atoms. The number of para-hydroxylation sites is 1. The molecule has 1 atom stereocenters. The van der Waals surface area contributed by atoms with Crippen LogP contribution in [0.4, 0.5) is 11.4 Å². The zero-order valence-electron chi connectivity index (χ0n) is 21.9. The molecule has 0 radical (unpaired) electrons. The summed E-state index contributed by atoms with van der Waals surface area (Å²) in [6.45, 7) is 5.68. The molecule has 0 heterocycles. The van der Waals surface area contributed by atoms with E-state index in [0.717, 1.165) is 15.6 Å². The number of nitrogens with zero attached hydrogens (tertiary/aromatic N) is 1. The van der Waals surface area contributed by atoms with Gasteiger partial charge in [0.25, 0.3) is 15.9 Å². The van der Waals surface area contributed by atoms with Gasteiger partial charge >= 0.3 is 0 Å². The Morgan fingerprint density at radius 1 is 0.974 bits per heavy atom. The fourth-order valence-corrected chi connectivity index (χ4v) is 5.41. The lowest BCUT2D eigenvalue weighted by Crippen LogP contribution is -2.38. The maximum atomic E-state index is 13.7. The third-order valence-electron chi connectivity index (χ3n) is 5.81. The van der Waals surface area contributed by atoms with E-state index in [1.807, 2.05) is 27.0 Å². The first kappa shape index (κ1) is 29.1. The second kappa shape index (κ2) is 13.3. The largest absolute Gasteiger partial charge is 0.494 e. The van der Waals surface area contributed by atoms with E-state index in [4.69, 9.17) is 4.74 Å². The number of nitrogens with one attached hydrogen (secondary N) is 2. The molecule has 0 fully saturated rings. The van der Waals surface area contributed by atoms with E-state index >= 15 is 0 Å². The van der Waals surface area contributed by atoms with Gasteiger partial charge in [-0.1, -0.05) is 19.1 Å². The van der Waals surface area contributed by atoms with Crippen LogP contribution in [0, 0.1) is 0 Å². The van der Waals surface area contributed by atoms with Crippen LogP contribution < -0.4 is 19.7 Å². The second-order valence-electron chi connectivity index (χ2n) is 8.49. The van der Waals surface area contributed by atoms with Gasteiger partial charge in [0.15, 0.2) is 0 Å². The molecule has 0 saturated heterocycles. The van der Waals surface area contributed by atoms with Crippen molar-refractivity contribution in [2.75, 3.05) is 29.0 Å². The third kappa shape index (κ3) is 7.29. The molecule has 3 aromatic rings. The van der Waals surface area contributed by atoms with Crippen LogP contribution in [-0.4, -0.2) is 45.7 Å². The molecule has 0 aliphatic carbocycles. The molecule has 0 bridgehead atoms. The number of hydrogen-bond acceptors (Lipinski definition) is 6. The Balaban J connectivity index is 1.92. The summed E-state index contributed by atoms with van der Waals surface area (Å²) in [7, 11) is -4.09. The van der Waals surface area contributed by atoms with Crippen LogP contribution >= 0.6 is 11.8 Å². The molecule has 0 aliphatic rings. The quantitative estimate of drug-likeness (QED) is 0.299. The second-order valence-corrected chi connectivity index (χ2v) is 11.2. The molecule has 38 heavy (non-hydrogen) atoms. The zero-order valence-corrected chi connectivity index (χ0v) is 23.6. The lowest BCUT2D eigenvalue weighted by atomic mass is 10.1. The van der Waals surface area contributed by atoms with Crippen molar-refractivity contribution in [3.63, 3.8) is 0 Å². The van der Waals surface area contributed by atoms with E-state index in [1.54, 1.807) is 60.7 Å². The van der Waals surface area contributed by atoms with Crippen molar-refractivity contribution in [2.45, 2.75) is 43.0 Å². The third-order valence-corrected chi connectivity index (χ3v) is 8.34. The minimum absolute atomic E-state index is 0.0379. The Labute approximate surface area is 228 Å². The van der Waals surface area contributed by atoms with Crippen LogP contribution in [0.1, 0.15) is 37.6 Å². The lowest BCUT2D eigenvalue weighted by Gasteiger charge is -2.24. The summed E-state index contributed by atoms with van der Waals surface area (Å²) in [6, 6.07) is 19.6. The number of ether oxygens (including phenoxy) is 1. The van der Waals surface area contributed by atoms with Crippen molar-refractivity contribution in [1.82, 2.24) is 5.32 Å². The van der Waals surface area contributed by atoms with E-state index in [2.05, 4.69) is 10.6 Å². The fraction of sp³-hybridized carbons (Fsp3) is 0.286. The molecule has 2 amide bonds. The van der Waals surface area contributed by atoms with Gasteiger partial charge in [0.1, 0.15) is 12.3 Å². The summed E-state index contributed by atoms with van der Waals surface area (Å²) in [5.74, 6) is -0.323. The summed E-state index contributed by atoms with van der Waals surface area (Å²) in [6.07, 6.45) is 2.66. The average molecular weight is 556 g/mol. The van der Waals surface area contributed by atoms with Gasteiger partial charge in [-0.05, 0) is 87.2 Å².